The van der Waals surface area contributed by atoms with Gasteiger partial charge in [-0.05, 0) is 13.3 Å². The van der Waals surface area contributed by atoms with Gasteiger partial charge in [0.15, 0.2) is 0 Å². The molecule has 1 unspecified atom stereocenters. The standard InChI is InChI=1S/C10H15NO5S/c1-7-10(4-9(5-12)16-7)17(13,14)11-8-2-3-15-6-8/h4,8,11-12H,2-3,5-6H2,1H3. The Morgan fingerprint density at radius 2 is 2.35 bits per heavy atom. The molecule has 2 N–H and O–H groups in total. The lowest BCUT2D eigenvalue weighted by atomic mass is 10.3. The molecule has 1 fully saturated rings. The zero-order valence-electron chi connectivity index (χ0n) is 9.47. The first kappa shape index (κ1) is 12.6. The SMILES string of the molecule is Cc1oc(CO)cc1S(=O)(=O)NC1CCOC1. The van der Waals surface area contributed by atoms with Crippen molar-refractivity contribution in [2.45, 2.75) is 30.9 Å². The number of aryl methyl sites for hydroxylation is 1. The van der Waals surface area contributed by atoms with Gasteiger partial charge in [0.2, 0.25) is 10.0 Å². The Labute approximate surface area is 99.6 Å². The van der Waals surface area contributed by atoms with Gasteiger partial charge in [-0.25, -0.2) is 13.1 Å². The van der Waals surface area contributed by atoms with E-state index in [0.29, 0.717) is 19.6 Å². The number of aliphatic hydroxyl groups excluding tert-OH is 1. The van der Waals surface area contributed by atoms with Crippen LogP contribution in [0.5, 0.6) is 0 Å². The van der Waals surface area contributed by atoms with Crippen LogP contribution in [0, 0.1) is 6.92 Å². The third-order valence-electron chi connectivity index (χ3n) is 2.62. The van der Waals surface area contributed by atoms with E-state index in [-0.39, 0.29) is 29.1 Å². The van der Waals surface area contributed by atoms with E-state index in [1.54, 1.807) is 6.92 Å². The van der Waals surface area contributed by atoms with E-state index in [9.17, 15) is 8.42 Å². The molecule has 1 aliphatic rings. The summed E-state index contributed by atoms with van der Waals surface area (Å²) in [5.41, 5.74) is 0. The molecule has 7 heteroatoms. The Kier molecular flexibility index (Phi) is 3.53. The van der Waals surface area contributed by atoms with Crippen molar-refractivity contribution in [3.05, 3.63) is 17.6 Å². The number of sulfonamides is 1. The summed E-state index contributed by atoms with van der Waals surface area (Å²) in [5.74, 6) is 0.519. The minimum Gasteiger partial charge on any atom is -0.462 e. The summed E-state index contributed by atoms with van der Waals surface area (Å²) in [4.78, 5) is 0.0773. The summed E-state index contributed by atoms with van der Waals surface area (Å²) in [6.45, 7) is 2.20. The Morgan fingerprint density at radius 3 is 2.88 bits per heavy atom. The maximum absolute atomic E-state index is 12.0. The summed E-state index contributed by atoms with van der Waals surface area (Å²) in [6.07, 6.45) is 0.670. The summed E-state index contributed by atoms with van der Waals surface area (Å²) in [7, 11) is -3.60. The van der Waals surface area contributed by atoms with Crippen LogP contribution in [0.25, 0.3) is 0 Å². The highest BCUT2D eigenvalue weighted by molar-refractivity contribution is 7.89. The van der Waals surface area contributed by atoms with E-state index < -0.39 is 10.0 Å². The quantitative estimate of drug-likeness (QED) is 0.805. The smallest absolute Gasteiger partial charge is 0.244 e. The predicted octanol–water partition coefficient (Wildman–Crippen LogP) is 0.148. The van der Waals surface area contributed by atoms with E-state index >= 15 is 0 Å². The van der Waals surface area contributed by atoms with Gasteiger partial charge in [-0.3, -0.25) is 0 Å². The fraction of sp³-hybridized carbons (Fsp3) is 0.600. The Bertz CT molecular complexity index is 487. The predicted molar refractivity (Wildman–Crippen MR) is 58.9 cm³/mol. The van der Waals surface area contributed by atoms with Crippen LogP contribution in [-0.4, -0.2) is 32.8 Å². The van der Waals surface area contributed by atoms with Gasteiger partial charge in [-0.15, -0.1) is 0 Å². The summed E-state index contributed by atoms with van der Waals surface area (Å²) in [6, 6.07) is 1.15. The van der Waals surface area contributed by atoms with Crippen LogP contribution in [0.4, 0.5) is 0 Å². The minimum absolute atomic E-state index is 0.0773. The first-order valence-electron chi connectivity index (χ1n) is 5.33. The van der Waals surface area contributed by atoms with Gasteiger partial charge in [0.1, 0.15) is 23.0 Å². The molecule has 96 valence electrons. The first-order chi connectivity index (χ1) is 8.03. The molecule has 1 aromatic rings. The van der Waals surface area contributed by atoms with Crippen molar-refractivity contribution in [1.82, 2.24) is 4.72 Å². The van der Waals surface area contributed by atoms with Crippen LogP contribution in [-0.2, 0) is 21.4 Å². The molecule has 0 aromatic carbocycles. The number of furan rings is 1. The van der Waals surface area contributed by atoms with Crippen LogP contribution >= 0.6 is 0 Å². The molecule has 1 aliphatic heterocycles. The third kappa shape index (κ3) is 2.68. The summed E-state index contributed by atoms with van der Waals surface area (Å²) in [5, 5.41) is 8.90. The molecular weight excluding hydrogens is 246 g/mol. The molecule has 0 aliphatic carbocycles. The number of nitrogens with one attached hydrogen (secondary N) is 1. The second kappa shape index (κ2) is 4.77. The number of hydrogen-bond donors (Lipinski definition) is 2. The molecule has 2 heterocycles. The van der Waals surface area contributed by atoms with Crippen LogP contribution in [0.2, 0.25) is 0 Å². The first-order valence-corrected chi connectivity index (χ1v) is 6.81. The molecule has 0 radical (unpaired) electrons. The topological polar surface area (TPSA) is 88.8 Å². The normalized spacial score (nSPS) is 20.9. The van der Waals surface area contributed by atoms with Gasteiger partial charge in [0.05, 0.1) is 6.61 Å². The molecule has 1 saturated heterocycles. The third-order valence-corrected chi connectivity index (χ3v) is 4.25. The highest BCUT2D eigenvalue weighted by Crippen LogP contribution is 2.21. The molecule has 0 bridgehead atoms. The van der Waals surface area contributed by atoms with Gasteiger partial charge in [-0.2, -0.15) is 0 Å². The number of hydrogen-bond acceptors (Lipinski definition) is 5. The number of ether oxygens (including phenoxy) is 1. The Hall–Kier alpha value is -0.890. The van der Waals surface area contributed by atoms with Gasteiger partial charge >= 0.3 is 0 Å². The molecule has 0 spiro atoms. The van der Waals surface area contributed by atoms with Crippen molar-refractivity contribution in [2.75, 3.05) is 13.2 Å². The zero-order valence-corrected chi connectivity index (χ0v) is 10.3. The van der Waals surface area contributed by atoms with Crippen LogP contribution < -0.4 is 4.72 Å². The van der Waals surface area contributed by atoms with E-state index in [2.05, 4.69) is 4.72 Å². The van der Waals surface area contributed by atoms with E-state index in [4.69, 9.17) is 14.3 Å². The maximum Gasteiger partial charge on any atom is 0.244 e. The molecule has 1 aromatic heterocycles. The Morgan fingerprint density at radius 1 is 1.59 bits per heavy atom. The molecule has 0 saturated carbocycles. The fourth-order valence-electron chi connectivity index (χ4n) is 1.78. The van der Waals surface area contributed by atoms with Crippen LogP contribution in [0.3, 0.4) is 0 Å². The lowest BCUT2D eigenvalue weighted by Crippen LogP contribution is -2.35. The van der Waals surface area contributed by atoms with Gasteiger partial charge in [0, 0.05) is 18.7 Å². The maximum atomic E-state index is 12.0. The van der Waals surface area contributed by atoms with E-state index in [1.807, 2.05) is 0 Å². The lowest BCUT2D eigenvalue weighted by molar-refractivity contribution is 0.192. The largest absolute Gasteiger partial charge is 0.462 e. The van der Waals surface area contributed by atoms with Gasteiger partial charge in [-0.1, -0.05) is 0 Å². The average molecular weight is 261 g/mol. The second-order valence-corrected chi connectivity index (χ2v) is 5.66. The zero-order chi connectivity index (χ0) is 12.5. The number of aliphatic hydroxyl groups is 1. The van der Waals surface area contributed by atoms with Crippen molar-refractivity contribution in [1.29, 1.82) is 0 Å². The fourth-order valence-corrected chi connectivity index (χ4v) is 3.24. The van der Waals surface area contributed by atoms with Crippen molar-refractivity contribution in [3.8, 4) is 0 Å². The van der Waals surface area contributed by atoms with Gasteiger partial charge in [0.25, 0.3) is 0 Å². The summed E-state index contributed by atoms with van der Waals surface area (Å²) < 4.78 is 36.8. The monoisotopic (exact) mass is 261 g/mol. The van der Waals surface area contributed by atoms with Crippen LogP contribution in [0.15, 0.2) is 15.4 Å². The molecule has 1 atom stereocenters. The molecular formula is C10H15NO5S. The molecule has 6 nitrogen and oxygen atoms in total. The van der Waals surface area contributed by atoms with Crippen molar-refractivity contribution in [2.24, 2.45) is 0 Å². The van der Waals surface area contributed by atoms with Crippen molar-refractivity contribution in [3.63, 3.8) is 0 Å². The highest BCUT2D eigenvalue weighted by atomic mass is 32.2. The van der Waals surface area contributed by atoms with Crippen LogP contribution in [0.1, 0.15) is 17.9 Å². The van der Waals surface area contributed by atoms with E-state index in [1.165, 1.54) is 6.07 Å². The Balaban J connectivity index is 2.21. The van der Waals surface area contributed by atoms with Crippen molar-refractivity contribution >= 4 is 10.0 Å². The molecule has 0 amide bonds. The highest BCUT2D eigenvalue weighted by Gasteiger charge is 2.26. The number of rotatable bonds is 4. The molecule has 17 heavy (non-hydrogen) atoms. The summed E-state index contributed by atoms with van der Waals surface area (Å²) >= 11 is 0. The average Bonchev–Trinajstić information content (AvgIpc) is 2.86. The lowest BCUT2D eigenvalue weighted by Gasteiger charge is -2.10. The second-order valence-electron chi connectivity index (χ2n) is 3.97. The minimum atomic E-state index is -3.60. The van der Waals surface area contributed by atoms with Gasteiger partial charge < -0.3 is 14.3 Å². The molecule has 2 rings (SSSR count). The van der Waals surface area contributed by atoms with E-state index in [0.717, 1.165) is 0 Å². The van der Waals surface area contributed by atoms with Crippen molar-refractivity contribution < 1.29 is 22.7 Å².